The van der Waals surface area contributed by atoms with Gasteiger partial charge < -0.3 is 14.9 Å². The molecule has 1 aliphatic heterocycles. The highest BCUT2D eigenvalue weighted by Gasteiger charge is 2.56. The Morgan fingerprint density at radius 2 is 1.80 bits per heavy atom. The van der Waals surface area contributed by atoms with Gasteiger partial charge in [-0.05, 0) is 56.0 Å². The van der Waals surface area contributed by atoms with E-state index in [1.165, 1.54) is 30.3 Å². The Hall–Kier alpha value is -4.63. The number of benzene rings is 2. The van der Waals surface area contributed by atoms with E-state index in [0.29, 0.717) is 28.0 Å². The molecule has 1 heterocycles. The van der Waals surface area contributed by atoms with E-state index in [0.717, 1.165) is 10.5 Å². The number of carboxylic acids is 1. The summed E-state index contributed by atoms with van der Waals surface area (Å²) >= 11 is 0. The number of hydrogen-bond donors (Lipinski definition) is 2. The number of allylic oxidation sites excluding steroid dienone is 6. The van der Waals surface area contributed by atoms with Crippen molar-refractivity contribution in [1.29, 1.82) is 0 Å². The largest absolute Gasteiger partial charge is 0.491 e. The maximum absolute atomic E-state index is 14.0. The van der Waals surface area contributed by atoms with E-state index >= 15 is 0 Å². The molecule has 9 nitrogen and oxygen atoms in total. The van der Waals surface area contributed by atoms with Crippen molar-refractivity contribution in [2.75, 3.05) is 18.1 Å². The molecule has 0 saturated carbocycles. The molecule has 1 saturated heterocycles. The zero-order valence-corrected chi connectivity index (χ0v) is 22.2. The molecule has 2 aromatic rings. The van der Waals surface area contributed by atoms with Crippen molar-refractivity contribution in [2.24, 2.45) is 17.8 Å². The number of ether oxygens (including phenoxy) is 1. The molecule has 4 aliphatic rings. The third-order valence-electron chi connectivity index (χ3n) is 8.49. The number of para-hydroxylation sites is 1. The number of amides is 2. The van der Waals surface area contributed by atoms with Crippen molar-refractivity contribution in [3.05, 3.63) is 94.1 Å². The Bertz CT molecular complexity index is 1630. The molecule has 2 amide bonds. The number of hydrogen-bond acceptors (Lipinski definition) is 7. The van der Waals surface area contributed by atoms with Gasteiger partial charge in [0, 0.05) is 28.2 Å². The highest BCUT2D eigenvalue weighted by atomic mass is 16.5. The van der Waals surface area contributed by atoms with Crippen LogP contribution in [-0.2, 0) is 19.2 Å². The first-order valence-corrected chi connectivity index (χ1v) is 13.5. The fraction of sp³-hybridized carbons (Fsp3) is 0.281. The summed E-state index contributed by atoms with van der Waals surface area (Å²) in [5.74, 6) is -4.79. The van der Waals surface area contributed by atoms with Crippen LogP contribution in [0.3, 0.4) is 0 Å². The minimum atomic E-state index is -1.17. The van der Waals surface area contributed by atoms with Crippen LogP contribution in [0, 0.1) is 17.8 Å². The van der Waals surface area contributed by atoms with Gasteiger partial charge in [-0.15, -0.1) is 0 Å². The number of carboxylic acid groups (broad SMARTS) is 1. The molecule has 1 fully saturated rings. The molecule has 9 heteroatoms. The van der Waals surface area contributed by atoms with Gasteiger partial charge in [-0.1, -0.05) is 35.9 Å². The van der Waals surface area contributed by atoms with Gasteiger partial charge in [-0.25, -0.2) is 4.79 Å². The lowest BCUT2D eigenvalue weighted by Gasteiger charge is -2.42. The van der Waals surface area contributed by atoms with Crippen molar-refractivity contribution in [2.45, 2.75) is 25.7 Å². The Morgan fingerprint density at radius 1 is 1.02 bits per heavy atom. The molecule has 41 heavy (non-hydrogen) atoms. The number of aliphatic hydroxyl groups excluding tert-OH is 1. The maximum Gasteiger partial charge on any atom is 0.335 e. The summed E-state index contributed by atoms with van der Waals surface area (Å²) < 4.78 is 5.83. The van der Waals surface area contributed by atoms with Crippen LogP contribution < -0.4 is 9.64 Å². The van der Waals surface area contributed by atoms with Crippen LogP contribution in [0.15, 0.2) is 83.0 Å². The minimum Gasteiger partial charge on any atom is -0.491 e. The Kier molecular flexibility index (Phi) is 6.54. The molecule has 2 N–H and O–H groups in total. The van der Waals surface area contributed by atoms with Gasteiger partial charge in [-0.2, -0.15) is 0 Å². The van der Waals surface area contributed by atoms with Crippen LogP contribution >= 0.6 is 0 Å². The Labute approximate surface area is 235 Å². The first kappa shape index (κ1) is 26.6. The quantitative estimate of drug-likeness (QED) is 0.315. The van der Waals surface area contributed by atoms with Crippen molar-refractivity contribution < 1.29 is 38.9 Å². The van der Waals surface area contributed by atoms with Crippen molar-refractivity contribution >= 4 is 35.0 Å². The lowest BCUT2D eigenvalue weighted by Crippen LogP contribution is -2.40. The molecule has 4 atom stereocenters. The highest BCUT2D eigenvalue weighted by molar-refractivity contribution is 6.25. The molecule has 0 radical (unpaired) electrons. The highest BCUT2D eigenvalue weighted by Crippen LogP contribution is 2.56. The second-order valence-electron chi connectivity index (χ2n) is 10.7. The van der Waals surface area contributed by atoms with Gasteiger partial charge in [0.15, 0.2) is 11.6 Å². The molecule has 0 bridgehead atoms. The van der Waals surface area contributed by atoms with Crippen LogP contribution in [0.25, 0.3) is 0 Å². The van der Waals surface area contributed by atoms with E-state index in [4.69, 9.17) is 4.74 Å². The average molecular weight is 554 g/mol. The number of carbonyl (C=O) groups is 5. The van der Waals surface area contributed by atoms with E-state index in [1.807, 2.05) is 12.1 Å². The van der Waals surface area contributed by atoms with Gasteiger partial charge >= 0.3 is 5.97 Å². The summed E-state index contributed by atoms with van der Waals surface area (Å²) in [5, 5.41) is 18.8. The summed E-state index contributed by atoms with van der Waals surface area (Å²) in [6, 6.07) is 12.8. The van der Waals surface area contributed by atoms with E-state index in [-0.39, 0.29) is 48.9 Å². The van der Waals surface area contributed by atoms with E-state index < -0.39 is 41.5 Å². The summed E-state index contributed by atoms with van der Waals surface area (Å²) in [5.41, 5.74) is 2.59. The number of fused-ring (bicyclic) bond motifs is 3. The van der Waals surface area contributed by atoms with Gasteiger partial charge in [-0.3, -0.25) is 24.1 Å². The Balaban J connectivity index is 1.47. The van der Waals surface area contributed by atoms with Crippen LogP contribution in [0.2, 0.25) is 0 Å². The number of rotatable bonds is 6. The molecular formula is C32H27NO8. The number of carbonyl (C=O) groups excluding carboxylic acids is 4. The second-order valence-corrected chi connectivity index (χ2v) is 10.7. The fourth-order valence-corrected chi connectivity index (χ4v) is 6.76. The third-order valence-corrected chi connectivity index (χ3v) is 8.49. The van der Waals surface area contributed by atoms with Crippen LogP contribution in [0.4, 0.5) is 5.69 Å². The van der Waals surface area contributed by atoms with Gasteiger partial charge in [0.1, 0.15) is 12.4 Å². The summed E-state index contributed by atoms with van der Waals surface area (Å²) in [7, 11) is 0. The van der Waals surface area contributed by atoms with Crippen molar-refractivity contribution in [3.63, 3.8) is 0 Å². The van der Waals surface area contributed by atoms with Crippen LogP contribution in [0.1, 0.15) is 41.6 Å². The number of imide groups is 1. The lowest BCUT2D eigenvalue weighted by molar-refractivity contribution is -0.123. The standard InChI is InChI=1S/C32H27NO8/c1-16-13-24(35)23-15-22-19(26(28(23)29(16)36)20-7-2-3-8-25(20)41-12-11-34)9-10-21-27(22)31(38)33(30(21)37)18-6-4-5-17(14-18)32(39)40/h2-9,13-14,21-22,26-27,34H,10-12,15H2,1H3,(H,39,40)/t21-,22+,26+,27-/m0/s1. The third kappa shape index (κ3) is 4.15. The van der Waals surface area contributed by atoms with Crippen LogP contribution in [-0.4, -0.2) is 52.8 Å². The van der Waals surface area contributed by atoms with Gasteiger partial charge in [0.25, 0.3) is 0 Å². The molecule has 3 aliphatic carbocycles. The number of ketones is 2. The zero-order valence-electron chi connectivity index (χ0n) is 22.2. The summed E-state index contributed by atoms with van der Waals surface area (Å²) in [6.07, 6.45) is 3.63. The summed E-state index contributed by atoms with van der Waals surface area (Å²) in [4.78, 5) is 67.2. The number of Topliss-reactive ketones (excluding diaryl/α,β-unsaturated/α-hetero) is 1. The molecule has 208 valence electrons. The van der Waals surface area contributed by atoms with E-state index in [2.05, 4.69) is 0 Å². The van der Waals surface area contributed by atoms with Crippen molar-refractivity contribution in [1.82, 2.24) is 0 Å². The second kappa shape index (κ2) is 10.1. The molecule has 0 spiro atoms. The predicted molar refractivity (Wildman–Crippen MR) is 146 cm³/mol. The lowest BCUT2D eigenvalue weighted by atomic mass is 9.59. The number of aliphatic hydroxyl groups is 1. The number of aromatic carboxylic acids is 1. The average Bonchev–Trinajstić information content (AvgIpc) is 3.23. The topological polar surface area (TPSA) is 138 Å². The van der Waals surface area contributed by atoms with E-state index in [1.54, 1.807) is 25.1 Å². The monoisotopic (exact) mass is 553 g/mol. The first-order chi connectivity index (χ1) is 19.7. The number of nitrogens with zero attached hydrogens (tertiary/aromatic N) is 1. The maximum atomic E-state index is 14.0. The minimum absolute atomic E-state index is 0.0337. The molecule has 0 unspecified atom stereocenters. The fourth-order valence-electron chi connectivity index (χ4n) is 6.76. The predicted octanol–water partition coefficient (Wildman–Crippen LogP) is 3.39. The zero-order chi connectivity index (χ0) is 29.0. The summed E-state index contributed by atoms with van der Waals surface area (Å²) in [6.45, 7) is 1.43. The molecule has 6 rings (SSSR count). The molecule has 0 aromatic heterocycles. The number of anilines is 1. The van der Waals surface area contributed by atoms with Gasteiger partial charge in [0.2, 0.25) is 11.8 Å². The first-order valence-electron chi connectivity index (χ1n) is 13.5. The van der Waals surface area contributed by atoms with Gasteiger partial charge in [0.05, 0.1) is 29.7 Å². The van der Waals surface area contributed by atoms with E-state index in [9.17, 15) is 34.2 Å². The smallest absolute Gasteiger partial charge is 0.335 e. The van der Waals surface area contributed by atoms with Crippen LogP contribution in [0.5, 0.6) is 5.75 Å². The normalized spacial score (nSPS) is 25.4. The van der Waals surface area contributed by atoms with Crippen molar-refractivity contribution in [3.8, 4) is 5.75 Å². The molecule has 2 aromatic carbocycles. The SMILES string of the molecule is CC1=CC(=O)C2=C(C1=O)[C@@H](c1ccccc1OCCO)C1=CC[C@@H]3C(=O)N(c4cccc(C(=O)O)c4)C(=O)[C@@H]3[C@@H]1C2. The Morgan fingerprint density at radius 3 is 2.56 bits per heavy atom. The molecular weight excluding hydrogens is 526 g/mol.